The van der Waals surface area contributed by atoms with Gasteiger partial charge in [0.15, 0.2) is 0 Å². The van der Waals surface area contributed by atoms with Crippen molar-refractivity contribution in [2.45, 2.75) is 13.8 Å². The van der Waals surface area contributed by atoms with Gasteiger partial charge in [-0.3, -0.25) is 4.79 Å². The molecule has 0 saturated carbocycles. The molecule has 164 valence electrons. The second-order valence-electron chi connectivity index (χ2n) is 7.05. The molecular weight excluding hydrogens is 424 g/mol. The number of fused-ring (bicyclic) bond motifs is 1. The van der Waals surface area contributed by atoms with Gasteiger partial charge in [-0.2, -0.15) is 4.98 Å². The van der Waals surface area contributed by atoms with Gasteiger partial charge in [-0.1, -0.05) is 11.6 Å². The lowest BCUT2D eigenvalue weighted by atomic mass is 10.1. The Hall–Kier alpha value is -3.04. The number of aryl methyl sites for hydroxylation is 2. The Kier molecular flexibility index (Phi) is 5.88. The number of carbonyl (C=O) groups excluding carboxylic acids is 1. The van der Waals surface area contributed by atoms with Gasteiger partial charge < -0.3 is 28.8 Å². The van der Waals surface area contributed by atoms with Crippen LogP contribution in [0.3, 0.4) is 0 Å². The Morgan fingerprint density at radius 1 is 1.13 bits per heavy atom. The summed E-state index contributed by atoms with van der Waals surface area (Å²) in [5.41, 5.74) is 1.15. The second-order valence-corrected chi connectivity index (χ2v) is 7.46. The summed E-state index contributed by atoms with van der Waals surface area (Å²) in [6.07, 6.45) is 0. The van der Waals surface area contributed by atoms with E-state index in [1.807, 2.05) is 0 Å². The number of morpholine rings is 1. The number of amides is 1. The normalized spacial score (nSPS) is 14.0. The number of carbonyl (C=O) groups is 1. The largest absolute Gasteiger partial charge is 0.495 e. The molecule has 0 bridgehead atoms. The molecule has 0 spiro atoms. The molecule has 2 aromatic heterocycles. The van der Waals surface area contributed by atoms with E-state index >= 15 is 0 Å². The lowest BCUT2D eigenvalue weighted by Gasteiger charge is -2.28. The van der Waals surface area contributed by atoms with Crippen molar-refractivity contribution in [1.29, 1.82) is 0 Å². The number of furan rings is 1. The molecule has 3 aromatic rings. The number of rotatable bonds is 5. The molecule has 0 unspecified atom stereocenters. The van der Waals surface area contributed by atoms with Crippen LogP contribution in [0.15, 0.2) is 16.5 Å². The fourth-order valence-electron chi connectivity index (χ4n) is 3.62. The van der Waals surface area contributed by atoms with Crippen LogP contribution in [-0.4, -0.2) is 56.4 Å². The third-order valence-corrected chi connectivity index (χ3v) is 5.38. The summed E-state index contributed by atoms with van der Waals surface area (Å²) in [6, 6.07) is 3.20. The number of ether oxygens (including phenoxy) is 3. The zero-order chi connectivity index (χ0) is 22.1. The van der Waals surface area contributed by atoms with E-state index in [4.69, 9.17) is 30.2 Å². The van der Waals surface area contributed by atoms with Gasteiger partial charge in [-0.15, -0.1) is 0 Å². The number of nitrogens with one attached hydrogen (secondary N) is 1. The van der Waals surface area contributed by atoms with Crippen LogP contribution < -0.4 is 19.7 Å². The molecule has 0 radical (unpaired) electrons. The first-order valence-electron chi connectivity index (χ1n) is 9.76. The van der Waals surface area contributed by atoms with E-state index in [2.05, 4.69) is 20.2 Å². The summed E-state index contributed by atoms with van der Waals surface area (Å²) in [4.78, 5) is 24.5. The third-order valence-electron chi connectivity index (χ3n) is 5.08. The second kappa shape index (κ2) is 8.60. The smallest absolute Gasteiger partial charge is 0.260 e. The fourth-order valence-corrected chi connectivity index (χ4v) is 3.86. The molecule has 4 rings (SSSR count). The van der Waals surface area contributed by atoms with Crippen LogP contribution in [0, 0.1) is 13.8 Å². The molecular formula is C21H23ClN4O5. The molecule has 0 aliphatic carbocycles. The molecule has 0 atom stereocenters. The summed E-state index contributed by atoms with van der Waals surface area (Å²) in [6.45, 7) is 6.03. The maximum Gasteiger partial charge on any atom is 0.260 e. The van der Waals surface area contributed by atoms with Gasteiger partial charge in [0.2, 0.25) is 5.71 Å². The van der Waals surface area contributed by atoms with E-state index in [0.717, 1.165) is 0 Å². The van der Waals surface area contributed by atoms with E-state index in [-0.39, 0.29) is 5.91 Å². The minimum atomic E-state index is -0.377. The zero-order valence-electron chi connectivity index (χ0n) is 17.7. The van der Waals surface area contributed by atoms with Crippen LogP contribution in [0.2, 0.25) is 5.02 Å². The first-order valence-corrected chi connectivity index (χ1v) is 10.1. The SMILES string of the molecule is COc1cc(OC)c(NC(=O)c2c(C)oc3nc(C)nc(N4CCOCC4)c23)cc1Cl. The number of methoxy groups -OCH3 is 2. The van der Waals surface area contributed by atoms with Crippen LogP contribution in [0.1, 0.15) is 21.9 Å². The molecule has 1 amide bonds. The van der Waals surface area contributed by atoms with Gasteiger partial charge in [-0.05, 0) is 19.9 Å². The number of hydrogen-bond acceptors (Lipinski definition) is 8. The molecule has 1 saturated heterocycles. The van der Waals surface area contributed by atoms with Gasteiger partial charge in [0.25, 0.3) is 5.91 Å². The molecule has 1 fully saturated rings. The van der Waals surface area contributed by atoms with Crippen LogP contribution in [0.5, 0.6) is 11.5 Å². The Morgan fingerprint density at radius 2 is 1.84 bits per heavy atom. The molecule has 10 heteroatoms. The fraction of sp³-hybridized carbons (Fsp3) is 0.381. The Morgan fingerprint density at radius 3 is 2.52 bits per heavy atom. The molecule has 9 nitrogen and oxygen atoms in total. The molecule has 1 N–H and O–H groups in total. The van der Waals surface area contributed by atoms with Gasteiger partial charge in [0, 0.05) is 19.2 Å². The number of halogens is 1. The van der Waals surface area contributed by atoms with Crippen molar-refractivity contribution < 1.29 is 23.4 Å². The molecule has 1 aliphatic heterocycles. The lowest BCUT2D eigenvalue weighted by molar-refractivity contribution is 0.102. The van der Waals surface area contributed by atoms with Gasteiger partial charge in [0.1, 0.15) is 28.9 Å². The van der Waals surface area contributed by atoms with Gasteiger partial charge in [0.05, 0.1) is 49.1 Å². The van der Waals surface area contributed by atoms with Crippen molar-refractivity contribution in [2.75, 3.05) is 50.7 Å². The monoisotopic (exact) mass is 446 g/mol. The molecule has 31 heavy (non-hydrogen) atoms. The summed E-state index contributed by atoms with van der Waals surface area (Å²) in [7, 11) is 3.01. The van der Waals surface area contributed by atoms with Crippen LogP contribution >= 0.6 is 11.6 Å². The number of anilines is 2. The van der Waals surface area contributed by atoms with Crippen molar-refractivity contribution in [3.63, 3.8) is 0 Å². The van der Waals surface area contributed by atoms with Gasteiger partial charge >= 0.3 is 0 Å². The van der Waals surface area contributed by atoms with Crippen LogP contribution in [0.4, 0.5) is 11.5 Å². The maximum absolute atomic E-state index is 13.4. The topological polar surface area (TPSA) is 99.0 Å². The Labute approximate surface area is 184 Å². The van der Waals surface area contributed by atoms with Crippen molar-refractivity contribution in [3.8, 4) is 11.5 Å². The molecule has 1 aromatic carbocycles. The van der Waals surface area contributed by atoms with Crippen molar-refractivity contribution in [1.82, 2.24) is 9.97 Å². The van der Waals surface area contributed by atoms with Crippen molar-refractivity contribution in [2.24, 2.45) is 0 Å². The average molecular weight is 447 g/mol. The quantitative estimate of drug-likeness (QED) is 0.634. The van der Waals surface area contributed by atoms with E-state index in [9.17, 15) is 4.79 Å². The number of hydrogen-bond donors (Lipinski definition) is 1. The summed E-state index contributed by atoms with van der Waals surface area (Å²) in [5, 5.41) is 3.79. The summed E-state index contributed by atoms with van der Waals surface area (Å²) < 4.78 is 21.9. The average Bonchev–Trinajstić information content (AvgIpc) is 3.09. The predicted octanol–water partition coefficient (Wildman–Crippen LogP) is 3.60. The zero-order valence-corrected chi connectivity index (χ0v) is 18.5. The Balaban J connectivity index is 1.78. The van der Waals surface area contributed by atoms with Crippen LogP contribution in [-0.2, 0) is 4.74 Å². The van der Waals surface area contributed by atoms with E-state index < -0.39 is 0 Å². The first-order chi connectivity index (χ1) is 14.9. The van der Waals surface area contributed by atoms with E-state index in [0.29, 0.717) is 82.6 Å². The highest BCUT2D eigenvalue weighted by molar-refractivity contribution is 6.32. The summed E-state index contributed by atoms with van der Waals surface area (Å²) >= 11 is 6.25. The van der Waals surface area contributed by atoms with Crippen LogP contribution in [0.25, 0.3) is 11.1 Å². The maximum atomic E-state index is 13.4. The minimum Gasteiger partial charge on any atom is -0.495 e. The van der Waals surface area contributed by atoms with Gasteiger partial charge in [-0.25, -0.2) is 4.98 Å². The number of benzene rings is 1. The van der Waals surface area contributed by atoms with Crippen molar-refractivity contribution in [3.05, 3.63) is 34.3 Å². The van der Waals surface area contributed by atoms with E-state index in [1.54, 1.807) is 26.0 Å². The predicted molar refractivity (Wildman–Crippen MR) is 117 cm³/mol. The minimum absolute atomic E-state index is 0.348. The van der Waals surface area contributed by atoms with E-state index in [1.165, 1.54) is 14.2 Å². The highest BCUT2D eigenvalue weighted by Crippen LogP contribution is 2.37. The lowest BCUT2D eigenvalue weighted by Crippen LogP contribution is -2.37. The molecule has 1 aliphatic rings. The number of nitrogens with zero attached hydrogens (tertiary/aromatic N) is 3. The first kappa shape index (κ1) is 21.2. The van der Waals surface area contributed by atoms with Crippen molar-refractivity contribution >= 4 is 40.1 Å². The standard InChI is InChI=1S/C21H23ClN4O5/c1-11-17(20(27)25-14-9-13(22)15(28-3)10-16(14)29-4)18-19(26-5-7-30-8-6-26)23-12(2)24-21(18)31-11/h9-10H,5-8H2,1-4H3,(H,25,27). The number of aromatic nitrogens is 2. The summed E-state index contributed by atoms with van der Waals surface area (Å²) in [5.74, 6) is 2.16. The third kappa shape index (κ3) is 3.98. The highest BCUT2D eigenvalue weighted by atomic mass is 35.5. The molecule has 3 heterocycles. The highest BCUT2D eigenvalue weighted by Gasteiger charge is 2.27. The Bertz CT molecular complexity index is 1140.